The van der Waals surface area contributed by atoms with Gasteiger partial charge < -0.3 is 10.1 Å². The number of nitrogens with zero attached hydrogens (tertiary/aromatic N) is 4. The van der Waals surface area contributed by atoms with Crippen LogP contribution in [0.4, 0.5) is 5.13 Å². The summed E-state index contributed by atoms with van der Waals surface area (Å²) in [5.74, 6) is -0.705. The smallest absolute Gasteiger partial charge is 0.350 e. The number of thioether (sulfide) groups is 1. The zero-order valence-electron chi connectivity index (χ0n) is 21.7. The number of benzene rings is 2. The minimum Gasteiger partial charge on any atom is -0.457 e. The van der Waals surface area contributed by atoms with E-state index in [1.54, 1.807) is 6.92 Å². The van der Waals surface area contributed by atoms with E-state index in [4.69, 9.17) is 4.74 Å². The molecular formula is C28H27N5O3S2. The number of fused-ring (bicyclic) bond motifs is 3. The fraction of sp³-hybridized carbons (Fsp3) is 0.250. The molecule has 0 saturated heterocycles. The van der Waals surface area contributed by atoms with Crippen LogP contribution in [0.15, 0.2) is 53.7 Å². The predicted octanol–water partition coefficient (Wildman–Crippen LogP) is 6.05. The molecule has 2 aromatic carbocycles. The second-order valence-corrected chi connectivity index (χ2v) is 11.5. The Morgan fingerprint density at radius 3 is 2.58 bits per heavy atom. The van der Waals surface area contributed by atoms with E-state index in [9.17, 15) is 9.59 Å². The standard InChI is InChI=1S/C28H27N5O3S2/c1-15-11-17(3)23-21(12-15)16(2)13-22-31-32-28(33(22)23)37-19(5)25(34)30-27-29-18(4)24(38-27)26(35)36-14-20-9-7-6-8-10-20/h6-13,19H,14H2,1-5H3,(H,29,30,34). The van der Waals surface area contributed by atoms with Crippen molar-refractivity contribution in [1.82, 2.24) is 19.6 Å². The molecule has 1 atom stereocenters. The van der Waals surface area contributed by atoms with Crippen LogP contribution in [0.3, 0.4) is 0 Å². The molecule has 1 amide bonds. The average molecular weight is 546 g/mol. The van der Waals surface area contributed by atoms with E-state index < -0.39 is 11.2 Å². The maximum atomic E-state index is 13.1. The van der Waals surface area contributed by atoms with Crippen LogP contribution in [-0.4, -0.2) is 36.7 Å². The maximum absolute atomic E-state index is 13.1. The molecule has 10 heteroatoms. The van der Waals surface area contributed by atoms with Crippen LogP contribution >= 0.6 is 23.1 Å². The summed E-state index contributed by atoms with van der Waals surface area (Å²) < 4.78 is 7.44. The molecule has 3 aromatic heterocycles. The molecule has 0 saturated carbocycles. The summed E-state index contributed by atoms with van der Waals surface area (Å²) in [5, 5.41) is 13.2. The lowest BCUT2D eigenvalue weighted by atomic mass is 10.0. The molecule has 38 heavy (non-hydrogen) atoms. The number of hydrogen-bond donors (Lipinski definition) is 1. The first kappa shape index (κ1) is 25.9. The van der Waals surface area contributed by atoms with Gasteiger partial charge in [-0.15, -0.1) is 10.2 Å². The molecule has 0 fully saturated rings. The number of nitrogens with one attached hydrogen (secondary N) is 1. The van der Waals surface area contributed by atoms with Crippen molar-refractivity contribution in [3.05, 3.63) is 81.4 Å². The first-order chi connectivity index (χ1) is 18.2. The Labute approximate surface area is 228 Å². The first-order valence-electron chi connectivity index (χ1n) is 12.1. The lowest BCUT2D eigenvalue weighted by molar-refractivity contribution is -0.115. The van der Waals surface area contributed by atoms with Crippen LogP contribution in [-0.2, 0) is 16.1 Å². The van der Waals surface area contributed by atoms with Crippen molar-refractivity contribution in [3.8, 4) is 0 Å². The lowest BCUT2D eigenvalue weighted by Gasteiger charge is -2.13. The highest BCUT2D eigenvalue weighted by atomic mass is 32.2. The molecule has 3 heterocycles. The Kier molecular flexibility index (Phi) is 7.18. The second kappa shape index (κ2) is 10.5. The number of esters is 1. The molecule has 0 aliphatic carbocycles. The van der Waals surface area contributed by atoms with Crippen molar-refractivity contribution in [2.24, 2.45) is 0 Å². The predicted molar refractivity (Wildman–Crippen MR) is 151 cm³/mol. The highest BCUT2D eigenvalue weighted by molar-refractivity contribution is 8.00. The summed E-state index contributed by atoms with van der Waals surface area (Å²) in [7, 11) is 0. The lowest BCUT2D eigenvalue weighted by Crippen LogP contribution is -2.22. The summed E-state index contributed by atoms with van der Waals surface area (Å²) in [6.45, 7) is 9.93. The van der Waals surface area contributed by atoms with Crippen molar-refractivity contribution in [2.45, 2.75) is 51.6 Å². The minimum absolute atomic E-state index is 0.173. The highest BCUT2D eigenvalue weighted by Crippen LogP contribution is 2.31. The number of thiazole rings is 1. The fourth-order valence-corrected chi connectivity index (χ4v) is 6.06. The quantitative estimate of drug-likeness (QED) is 0.196. The van der Waals surface area contributed by atoms with Gasteiger partial charge in [0.05, 0.1) is 16.5 Å². The summed E-state index contributed by atoms with van der Waals surface area (Å²) in [6, 6.07) is 15.8. The van der Waals surface area contributed by atoms with Crippen LogP contribution in [0.1, 0.15) is 44.5 Å². The van der Waals surface area contributed by atoms with Gasteiger partial charge in [-0.25, -0.2) is 9.78 Å². The molecule has 8 nitrogen and oxygen atoms in total. The van der Waals surface area contributed by atoms with Gasteiger partial charge in [0, 0.05) is 5.39 Å². The van der Waals surface area contributed by atoms with E-state index in [1.807, 2.05) is 47.7 Å². The number of ether oxygens (including phenoxy) is 1. The van der Waals surface area contributed by atoms with Crippen LogP contribution in [0, 0.1) is 27.7 Å². The Morgan fingerprint density at radius 1 is 1.05 bits per heavy atom. The summed E-state index contributed by atoms with van der Waals surface area (Å²) in [6.07, 6.45) is 0. The molecule has 5 aromatic rings. The maximum Gasteiger partial charge on any atom is 0.350 e. The van der Waals surface area contributed by atoms with Gasteiger partial charge >= 0.3 is 5.97 Å². The monoisotopic (exact) mass is 545 g/mol. The molecular weight excluding hydrogens is 518 g/mol. The first-order valence-corrected chi connectivity index (χ1v) is 13.8. The number of hydrogen-bond acceptors (Lipinski definition) is 8. The number of aryl methyl sites for hydroxylation is 4. The van der Waals surface area contributed by atoms with Crippen LogP contribution in [0.5, 0.6) is 0 Å². The van der Waals surface area contributed by atoms with Gasteiger partial charge in [-0.2, -0.15) is 0 Å². The number of aromatic nitrogens is 4. The number of rotatable bonds is 7. The average Bonchev–Trinajstić information content (AvgIpc) is 3.45. The third-order valence-electron chi connectivity index (χ3n) is 6.17. The molecule has 1 unspecified atom stereocenters. The normalized spacial score (nSPS) is 12.1. The van der Waals surface area contributed by atoms with E-state index >= 15 is 0 Å². The molecule has 0 radical (unpaired) electrons. The molecule has 0 aliphatic heterocycles. The summed E-state index contributed by atoms with van der Waals surface area (Å²) in [4.78, 5) is 30.4. The van der Waals surface area contributed by atoms with E-state index in [0.29, 0.717) is 20.9 Å². The zero-order valence-corrected chi connectivity index (χ0v) is 23.4. The molecule has 0 bridgehead atoms. The number of amides is 1. The highest BCUT2D eigenvalue weighted by Gasteiger charge is 2.23. The number of pyridine rings is 1. The minimum atomic E-state index is -0.484. The third kappa shape index (κ3) is 5.14. The third-order valence-corrected chi connectivity index (χ3v) is 8.27. The number of anilines is 1. The number of carbonyl (C=O) groups excluding carboxylic acids is 2. The zero-order chi connectivity index (χ0) is 27.0. The van der Waals surface area contributed by atoms with Crippen molar-refractivity contribution < 1.29 is 14.3 Å². The van der Waals surface area contributed by atoms with Crippen molar-refractivity contribution in [1.29, 1.82) is 0 Å². The van der Waals surface area contributed by atoms with Gasteiger partial charge in [-0.05, 0) is 63.4 Å². The van der Waals surface area contributed by atoms with Gasteiger partial charge in [0.1, 0.15) is 11.5 Å². The van der Waals surface area contributed by atoms with Gasteiger partial charge in [0.15, 0.2) is 15.9 Å². The van der Waals surface area contributed by atoms with Gasteiger partial charge in [0.2, 0.25) is 5.91 Å². The SMILES string of the molecule is Cc1cc(C)c2c(c1)c(C)cc1nnc(SC(C)C(=O)Nc3nc(C)c(C(=O)OCc4ccccc4)s3)n12. The Hall–Kier alpha value is -3.76. The molecule has 1 N–H and O–H groups in total. The molecule has 0 aliphatic rings. The van der Waals surface area contributed by atoms with E-state index in [2.05, 4.69) is 53.4 Å². The van der Waals surface area contributed by atoms with Crippen molar-refractivity contribution >= 4 is 56.7 Å². The summed E-state index contributed by atoms with van der Waals surface area (Å²) >= 11 is 2.43. The molecule has 5 rings (SSSR count). The van der Waals surface area contributed by atoms with Gasteiger partial charge in [-0.1, -0.05) is 65.1 Å². The molecule has 0 spiro atoms. The second-order valence-electron chi connectivity index (χ2n) is 9.23. The Bertz CT molecular complexity index is 1680. The largest absolute Gasteiger partial charge is 0.457 e. The molecule has 194 valence electrons. The van der Waals surface area contributed by atoms with Crippen molar-refractivity contribution in [2.75, 3.05) is 5.32 Å². The van der Waals surface area contributed by atoms with Gasteiger partial charge in [0.25, 0.3) is 0 Å². The van der Waals surface area contributed by atoms with E-state index in [0.717, 1.165) is 44.6 Å². The topological polar surface area (TPSA) is 98.5 Å². The van der Waals surface area contributed by atoms with Crippen LogP contribution in [0.25, 0.3) is 16.6 Å². The van der Waals surface area contributed by atoms with Crippen LogP contribution < -0.4 is 5.32 Å². The summed E-state index contributed by atoms with van der Waals surface area (Å²) in [5.41, 5.74) is 6.64. The Balaban J connectivity index is 1.31. The van der Waals surface area contributed by atoms with E-state index in [1.165, 1.54) is 17.3 Å². The van der Waals surface area contributed by atoms with Crippen molar-refractivity contribution in [3.63, 3.8) is 0 Å². The van der Waals surface area contributed by atoms with E-state index in [-0.39, 0.29) is 12.5 Å². The van der Waals surface area contributed by atoms with Crippen LogP contribution in [0.2, 0.25) is 0 Å². The fourth-order valence-electron chi connectivity index (χ4n) is 4.34. The number of carbonyl (C=O) groups is 2. The Morgan fingerprint density at radius 2 is 1.82 bits per heavy atom. The van der Waals surface area contributed by atoms with Gasteiger partial charge in [-0.3, -0.25) is 9.20 Å².